The molecule has 0 saturated carbocycles. The molecule has 0 radical (unpaired) electrons. The molecule has 2 rings (SSSR count). The molecule has 1 amide bonds. The second kappa shape index (κ2) is 4.79. The lowest BCUT2D eigenvalue weighted by Gasteiger charge is -2.04. The molecule has 0 bridgehead atoms. The molecule has 92 valence electrons. The third-order valence-electron chi connectivity index (χ3n) is 2.38. The molecule has 2 aromatic rings. The lowest BCUT2D eigenvalue weighted by Crippen LogP contribution is -2.16. The number of primary amides is 1. The first-order chi connectivity index (χ1) is 8.56. The molecule has 5 nitrogen and oxygen atoms in total. The monoisotopic (exact) mass is 246 g/mol. The van der Waals surface area contributed by atoms with Crippen LogP contribution in [0.5, 0.6) is 0 Å². The zero-order chi connectivity index (χ0) is 13.1. The molecule has 0 aliphatic rings. The number of benzene rings is 1. The van der Waals surface area contributed by atoms with Gasteiger partial charge < -0.3 is 11.5 Å². The Morgan fingerprint density at radius 2 is 2.17 bits per heavy atom. The Bertz CT molecular complexity index is 600. The minimum absolute atomic E-state index is 0.0314. The summed E-state index contributed by atoms with van der Waals surface area (Å²) in [6.07, 6.45) is 1.61. The predicted molar refractivity (Wildman–Crippen MR) is 64.2 cm³/mol. The normalized spacial score (nSPS) is 10.3. The number of rotatable bonds is 3. The molecule has 0 spiro atoms. The second-order valence-corrected chi connectivity index (χ2v) is 3.76. The highest BCUT2D eigenvalue weighted by atomic mass is 19.1. The Kier molecular flexibility index (Phi) is 3.18. The van der Waals surface area contributed by atoms with Gasteiger partial charge in [-0.2, -0.15) is 0 Å². The van der Waals surface area contributed by atoms with E-state index in [1.165, 1.54) is 18.3 Å². The van der Waals surface area contributed by atoms with Crippen LogP contribution in [0.25, 0.3) is 0 Å². The molecule has 0 saturated heterocycles. The van der Waals surface area contributed by atoms with Crippen LogP contribution in [0.4, 0.5) is 10.2 Å². The Balaban J connectivity index is 2.25. The van der Waals surface area contributed by atoms with Crippen LogP contribution in [0.15, 0.2) is 30.5 Å². The summed E-state index contributed by atoms with van der Waals surface area (Å²) in [4.78, 5) is 18.9. The number of hydrogen-bond donors (Lipinski definition) is 2. The second-order valence-electron chi connectivity index (χ2n) is 3.76. The SMILES string of the molecule is NC(=O)c1cnc(Cc2cccc(F)c2)nc1N. The van der Waals surface area contributed by atoms with E-state index >= 15 is 0 Å². The summed E-state index contributed by atoms with van der Waals surface area (Å²) in [6, 6.07) is 6.10. The number of carbonyl (C=O) groups is 1. The van der Waals surface area contributed by atoms with Crippen molar-refractivity contribution in [2.75, 3.05) is 5.73 Å². The minimum atomic E-state index is -0.676. The van der Waals surface area contributed by atoms with Crippen molar-refractivity contribution in [3.05, 3.63) is 53.2 Å². The molecule has 18 heavy (non-hydrogen) atoms. The van der Waals surface area contributed by atoms with E-state index in [9.17, 15) is 9.18 Å². The van der Waals surface area contributed by atoms with Gasteiger partial charge in [0.15, 0.2) is 0 Å². The summed E-state index contributed by atoms with van der Waals surface area (Å²) in [5.41, 5.74) is 11.5. The highest BCUT2D eigenvalue weighted by Gasteiger charge is 2.09. The van der Waals surface area contributed by atoms with Crippen molar-refractivity contribution in [2.24, 2.45) is 5.73 Å². The third kappa shape index (κ3) is 2.60. The highest BCUT2D eigenvalue weighted by Crippen LogP contribution is 2.11. The summed E-state index contributed by atoms with van der Waals surface area (Å²) in [7, 11) is 0. The van der Waals surface area contributed by atoms with Gasteiger partial charge in [-0.1, -0.05) is 12.1 Å². The number of halogens is 1. The van der Waals surface area contributed by atoms with Crippen molar-refractivity contribution < 1.29 is 9.18 Å². The molecule has 4 N–H and O–H groups in total. The molecule has 0 aliphatic carbocycles. The number of aromatic nitrogens is 2. The van der Waals surface area contributed by atoms with E-state index < -0.39 is 5.91 Å². The lowest BCUT2D eigenvalue weighted by molar-refractivity contribution is 0.100. The zero-order valence-corrected chi connectivity index (χ0v) is 9.43. The molecule has 6 heteroatoms. The number of amides is 1. The number of nitrogens with two attached hydrogens (primary N) is 2. The molecule has 1 aromatic carbocycles. The number of anilines is 1. The highest BCUT2D eigenvalue weighted by molar-refractivity contribution is 5.96. The first-order valence-corrected chi connectivity index (χ1v) is 5.22. The fourth-order valence-electron chi connectivity index (χ4n) is 1.54. The molecular weight excluding hydrogens is 235 g/mol. The lowest BCUT2D eigenvalue weighted by atomic mass is 10.1. The standard InChI is InChI=1S/C12H11FN4O/c13-8-3-1-2-7(4-8)5-10-16-6-9(12(15)18)11(14)17-10/h1-4,6H,5H2,(H2,15,18)(H2,14,16,17). The van der Waals surface area contributed by atoms with Crippen LogP contribution < -0.4 is 11.5 Å². The van der Waals surface area contributed by atoms with E-state index in [0.29, 0.717) is 12.2 Å². The van der Waals surface area contributed by atoms with Crippen molar-refractivity contribution >= 4 is 11.7 Å². The van der Waals surface area contributed by atoms with E-state index in [4.69, 9.17) is 11.5 Å². The van der Waals surface area contributed by atoms with Crippen LogP contribution in [0, 0.1) is 5.82 Å². The van der Waals surface area contributed by atoms with Gasteiger partial charge in [0.05, 0.1) is 5.56 Å². The summed E-state index contributed by atoms with van der Waals surface area (Å²) >= 11 is 0. The number of carbonyl (C=O) groups excluding carboxylic acids is 1. The van der Waals surface area contributed by atoms with Gasteiger partial charge in [-0.15, -0.1) is 0 Å². The molecule has 0 atom stereocenters. The maximum atomic E-state index is 13.0. The van der Waals surface area contributed by atoms with Gasteiger partial charge in [0.2, 0.25) is 0 Å². The zero-order valence-electron chi connectivity index (χ0n) is 9.43. The first kappa shape index (κ1) is 12.0. The maximum Gasteiger partial charge on any atom is 0.254 e. The van der Waals surface area contributed by atoms with Gasteiger partial charge in [0.1, 0.15) is 17.5 Å². The summed E-state index contributed by atoms with van der Waals surface area (Å²) in [5.74, 6) is -0.564. The quantitative estimate of drug-likeness (QED) is 0.840. The Morgan fingerprint density at radius 3 is 2.78 bits per heavy atom. The number of hydrogen-bond acceptors (Lipinski definition) is 4. The van der Waals surface area contributed by atoms with Gasteiger partial charge in [0.25, 0.3) is 5.91 Å². The third-order valence-corrected chi connectivity index (χ3v) is 2.38. The summed E-state index contributed by atoms with van der Waals surface area (Å²) < 4.78 is 13.0. The van der Waals surface area contributed by atoms with E-state index in [2.05, 4.69) is 9.97 Å². The van der Waals surface area contributed by atoms with Gasteiger partial charge >= 0.3 is 0 Å². The van der Waals surface area contributed by atoms with Crippen molar-refractivity contribution in [2.45, 2.75) is 6.42 Å². The van der Waals surface area contributed by atoms with Crippen LogP contribution in [-0.4, -0.2) is 15.9 Å². The van der Waals surface area contributed by atoms with Crippen molar-refractivity contribution in [3.63, 3.8) is 0 Å². The average Bonchev–Trinajstić information content (AvgIpc) is 2.28. The van der Waals surface area contributed by atoms with E-state index in [1.54, 1.807) is 12.1 Å². The number of nitrogen functional groups attached to an aromatic ring is 1. The maximum absolute atomic E-state index is 13.0. The van der Waals surface area contributed by atoms with Crippen molar-refractivity contribution in [1.82, 2.24) is 9.97 Å². The largest absolute Gasteiger partial charge is 0.383 e. The van der Waals surface area contributed by atoms with Crippen LogP contribution in [-0.2, 0) is 6.42 Å². The Labute approximate surface area is 103 Å². The minimum Gasteiger partial charge on any atom is -0.383 e. The molecule has 0 fully saturated rings. The van der Waals surface area contributed by atoms with E-state index in [1.807, 2.05) is 0 Å². The van der Waals surface area contributed by atoms with Crippen molar-refractivity contribution in [1.29, 1.82) is 0 Å². The van der Waals surface area contributed by atoms with Crippen LogP contribution in [0.1, 0.15) is 21.7 Å². The van der Waals surface area contributed by atoms with E-state index in [0.717, 1.165) is 5.56 Å². The van der Waals surface area contributed by atoms with Gasteiger partial charge in [-0.05, 0) is 17.7 Å². The number of nitrogens with zero attached hydrogens (tertiary/aromatic N) is 2. The summed E-state index contributed by atoms with van der Waals surface area (Å²) in [5, 5.41) is 0. The average molecular weight is 246 g/mol. The van der Waals surface area contributed by atoms with Gasteiger partial charge in [-0.25, -0.2) is 14.4 Å². The fourth-order valence-corrected chi connectivity index (χ4v) is 1.54. The topological polar surface area (TPSA) is 94.9 Å². The van der Waals surface area contributed by atoms with Gasteiger partial charge in [0, 0.05) is 12.6 Å². The van der Waals surface area contributed by atoms with Crippen molar-refractivity contribution in [3.8, 4) is 0 Å². The van der Waals surface area contributed by atoms with Gasteiger partial charge in [-0.3, -0.25) is 4.79 Å². The Hall–Kier alpha value is -2.50. The predicted octanol–water partition coefficient (Wildman–Crippen LogP) is 0.888. The smallest absolute Gasteiger partial charge is 0.254 e. The summed E-state index contributed by atoms with van der Waals surface area (Å²) in [6.45, 7) is 0. The molecule has 1 aromatic heterocycles. The first-order valence-electron chi connectivity index (χ1n) is 5.22. The van der Waals surface area contributed by atoms with Crippen LogP contribution >= 0.6 is 0 Å². The Morgan fingerprint density at radius 1 is 1.39 bits per heavy atom. The van der Waals surface area contributed by atoms with Crippen LogP contribution in [0.3, 0.4) is 0 Å². The van der Waals surface area contributed by atoms with E-state index in [-0.39, 0.29) is 17.2 Å². The fraction of sp³-hybridized carbons (Fsp3) is 0.0833. The molecule has 0 unspecified atom stereocenters. The molecule has 1 heterocycles. The molecule has 0 aliphatic heterocycles. The molecular formula is C12H11FN4O. The van der Waals surface area contributed by atoms with Crippen LogP contribution in [0.2, 0.25) is 0 Å².